The van der Waals surface area contributed by atoms with Gasteiger partial charge in [0, 0.05) is 10.5 Å². The Morgan fingerprint density at radius 1 is 1.12 bits per heavy atom. The number of rotatable bonds is 6. The van der Waals surface area contributed by atoms with Crippen molar-refractivity contribution >= 4 is 27.7 Å². The lowest BCUT2D eigenvalue weighted by molar-refractivity contribution is -0.118. The van der Waals surface area contributed by atoms with Crippen molar-refractivity contribution in [3.05, 3.63) is 75.9 Å². The van der Waals surface area contributed by atoms with E-state index in [1.165, 1.54) is 0 Å². The van der Waals surface area contributed by atoms with Gasteiger partial charge in [0.1, 0.15) is 11.6 Å². The largest absolute Gasteiger partial charge is 0.483 e. The van der Waals surface area contributed by atoms with Crippen LogP contribution in [0.4, 0.5) is 5.82 Å². The van der Waals surface area contributed by atoms with Gasteiger partial charge in [-0.3, -0.25) is 4.79 Å². The Hall–Kier alpha value is -2.60. The van der Waals surface area contributed by atoms with Crippen LogP contribution in [0.15, 0.2) is 59.2 Å². The monoisotopic (exact) mass is 413 g/mol. The van der Waals surface area contributed by atoms with Gasteiger partial charge in [-0.25, -0.2) is 4.68 Å². The van der Waals surface area contributed by atoms with Gasteiger partial charge in [0.25, 0.3) is 5.91 Å². The van der Waals surface area contributed by atoms with Crippen molar-refractivity contribution in [3.8, 4) is 5.75 Å². The van der Waals surface area contributed by atoms with Gasteiger partial charge in [-0.05, 0) is 42.7 Å². The van der Waals surface area contributed by atoms with E-state index < -0.39 is 0 Å². The van der Waals surface area contributed by atoms with Crippen LogP contribution in [0.2, 0.25) is 0 Å². The first-order valence-electron chi connectivity index (χ1n) is 8.28. The van der Waals surface area contributed by atoms with Crippen molar-refractivity contribution in [3.63, 3.8) is 0 Å². The molecule has 26 heavy (non-hydrogen) atoms. The van der Waals surface area contributed by atoms with Crippen LogP contribution in [0.3, 0.4) is 0 Å². The zero-order valence-corrected chi connectivity index (χ0v) is 16.3. The Balaban J connectivity index is 1.61. The standard InChI is InChI=1S/C20H20BrN3O2/c1-14-4-3-5-15(2)20(14)26-13-19(25)23-18-10-11-22-24(18)12-16-6-8-17(21)9-7-16/h3-11H,12-13H2,1-2H3,(H,23,25). The van der Waals surface area contributed by atoms with Crippen LogP contribution in [0.1, 0.15) is 16.7 Å². The van der Waals surface area contributed by atoms with Crippen molar-refractivity contribution < 1.29 is 9.53 Å². The number of hydrogen-bond donors (Lipinski definition) is 1. The Morgan fingerprint density at radius 3 is 2.50 bits per heavy atom. The normalized spacial score (nSPS) is 10.6. The third kappa shape index (κ3) is 4.52. The van der Waals surface area contributed by atoms with E-state index in [-0.39, 0.29) is 12.5 Å². The van der Waals surface area contributed by atoms with E-state index in [1.54, 1.807) is 16.9 Å². The molecule has 0 aliphatic carbocycles. The number of halogens is 1. The summed E-state index contributed by atoms with van der Waals surface area (Å²) in [5, 5.41) is 7.14. The third-order valence-electron chi connectivity index (χ3n) is 3.99. The highest BCUT2D eigenvalue weighted by atomic mass is 79.9. The van der Waals surface area contributed by atoms with E-state index in [0.29, 0.717) is 12.4 Å². The van der Waals surface area contributed by atoms with Crippen molar-refractivity contribution in [2.24, 2.45) is 0 Å². The topological polar surface area (TPSA) is 56.1 Å². The summed E-state index contributed by atoms with van der Waals surface area (Å²) in [5.41, 5.74) is 3.12. The average molecular weight is 414 g/mol. The fourth-order valence-electron chi connectivity index (χ4n) is 2.67. The molecule has 0 saturated heterocycles. The quantitative estimate of drug-likeness (QED) is 0.654. The number of nitrogens with one attached hydrogen (secondary N) is 1. The Bertz CT molecular complexity index is 883. The van der Waals surface area contributed by atoms with E-state index in [0.717, 1.165) is 26.9 Å². The van der Waals surface area contributed by atoms with E-state index in [4.69, 9.17) is 4.74 Å². The lowest BCUT2D eigenvalue weighted by Crippen LogP contribution is -2.22. The second-order valence-electron chi connectivity index (χ2n) is 6.06. The Kier molecular flexibility index (Phi) is 5.73. The molecular formula is C20H20BrN3O2. The highest BCUT2D eigenvalue weighted by molar-refractivity contribution is 9.10. The first-order valence-corrected chi connectivity index (χ1v) is 9.07. The van der Waals surface area contributed by atoms with E-state index in [1.807, 2.05) is 56.3 Å². The van der Waals surface area contributed by atoms with Gasteiger partial charge >= 0.3 is 0 Å². The molecular weight excluding hydrogens is 394 g/mol. The molecule has 5 nitrogen and oxygen atoms in total. The molecule has 0 unspecified atom stereocenters. The van der Waals surface area contributed by atoms with Gasteiger partial charge < -0.3 is 10.1 Å². The first kappa shape index (κ1) is 18.2. The van der Waals surface area contributed by atoms with Gasteiger partial charge in [-0.2, -0.15) is 5.10 Å². The summed E-state index contributed by atoms with van der Waals surface area (Å²) in [6, 6.07) is 15.7. The van der Waals surface area contributed by atoms with Crippen molar-refractivity contribution in [2.75, 3.05) is 11.9 Å². The van der Waals surface area contributed by atoms with E-state index >= 15 is 0 Å². The lowest BCUT2D eigenvalue weighted by Gasteiger charge is -2.13. The molecule has 0 radical (unpaired) electrons. The number of aromatic nitrogens is 2. The molecule has 1 N–H and O–H groups in total. The fourth-order valence-corrected chi connectivity index (χ4v) is 2.94. The summed E-state index contributed by atoms with van der Waals surface area (Å²) in [5.74, 6) is 1.18. The van der Waals surface area contributed by atoms with Crippen LogP contribution in [0, 0.1) is 13.8 Å². The number of hydrogen-bond acceptors (Lipinski definition) is 3. The van der Waals surface area contributed by atoms with Gasteiger partial charge in [0.2, 0.25) is 0 Å². The number of benzene rings is 2. The third-order valence-corrected chi connectivity index (χ3v) is 4.51. The molecule has 3 aromatic rings. The molecule has 0 aliphatic rings. The summed E-state index contributed by atoms with van der Waals surface area (Å²) < 4.78 is 8.48. The van der Waals surface area contributed by atoms with Gasteiger partial charge in [0.15, 0.2) is 6.61 Å². The number of aryl methyl sites for hydroxylation is 2. The maximum Gasteiger partial charge on any atom is 0.263 e. The van der Waals surface area contributed by atoms with Crippen molar-refractivity contribution in [2.45, 2.75) is 20.4 Å². The summed E-state index contributed by atoms with van der Waals surface area (Å²) in [6.45, 7) is 4.46. The minimum absolute atomic E-state index is 0.0465. The van der Waals surface area contributed by atoms with Crippen LogP contribution in [-0.2, 0) is 11.3 Å². The molecule has 0 fully saturated rings. The molecule has 0 spiro atoms. The maximum absolute atomic E-state index is 12.3. The highest BCUT2D eigenvalue weighted by Gasteiger charge is 2.10. The number of amides is 1. The molecule has 6 heteroatoms. The van der Waals surface area contributed by atoms with E-state index in [9.17, 15) is 4.79 Å². The summed E-state index contributed by atoms with van der Waals surface area (Å²) >= 11 is 3.42. The summed E-state index contributed by atoms with van der Waals surface area (Å²) in [4.78, 5) is 12.3. The van der Waals surface area contributed by atoms with Crippen LogP contribution in [0.25, 0.3) is 0 Å². The molecule has 0 bridgehead atoms. The van der Waals surface area contributed by atoms with Crippen LogP contribution < -0.4 is 10.1 Å². The zero-order chi connectivity index (χ0) is 18.5. The number of nitrogens with zero attached hydrogens (tertiary/aromatic N) is 2. The number of anilines is 1. The van der Waals surface area contributed by atoms with Gasteiger partial charge in [-0.1, -0.05) is 46.3 Å². The predicted molar refractivity (Wildman–Crippen MR) is 106 cm³/mol. The fraction of sp³-hybridized carbons (Fsp3) is 0.200. The van der Waals surface area contributed by atoms with Crippen LogP contribution in [-0.4, -0.2) is 22.3 Å². The Morgan fingerprint density at radius 2 is 1.81 bits per heavy atom. The van der Waals surface area contributed by atoms with Crippen LogP contribution >= 0.6 is 15.9 Å². The van der Waals surface area contributed by atoms with Gasteiger partial charge in [-0.15, -0.1) is 0 Å². The average Bonchev–Trinajstić information content (AvgIpc) is 3.03. The molecule has 2 aromatic carbocycles. The lowest BCUT2D eigenvalue weighted by atomic mass is 10.1. The molecule has 1 amide bonds. The maximum atomic E-state index is 12.3. The first-order chi connectivity index (χ1) is 12.5. The highest BCUT2D eigenvalue weighted by Crippen LogP contribution is 2.22. The molecule has 0 saturated carbocycles. The van der Waals surface area contributed by atoms with E-state index in [2.05, 4.69) is 26.3 Å². The minimum Gasteiger partial charge on any atom is -0.483 e. The minimum atomic E-state index is -0.217. The number of ether oxygens (including phenoxy) is 1. The SMILES string of the molecule is Cc1cccc(C)c1OCC(=O)Nc1ccnn1Cc1ccc(Br)cc1. The summed E-state index contributed by atoms with van der Waals surface area (Å²) in [6.07, 6.45) is 1.67. The molecule has 3 rings (SSSR count). The number of carbonyl (C=O) groups excluding carboxylic acids is 1. The predicted octanol–water partition coefficient (Wildman–Crippen LogP) is 4.33. The van der Waals surface area contributed by atoms with Gasteiger partial charge in [0.05, 0.1) is 12.7 Å². The van der Waals surface area contributed by atoms with Crippen LogP contribution in [0.5, 0.6) is 5.75 Å². The van der Waals surface area contributed by atoms with Crippen molar-refractivity contribution in [1.29, 1.82) is 0 Å². The molecule has 0 aliphatic heterocycles. The molecule has 0 atom stereocenters. The smallest absolute Gasteiger partial charge is 0.263 e. The Labute approximate surface area is 161 Å². The molecule has 134 valence electrons. The summed E-state index contributed by atoms with van der Waals surface area (Å²) in [7, 11) is 0. The molecule has 1 aromatic heterocycles. The van der Waals surface area contributed by atoms with Crippen molar-refractivity contribution in [1.82, 2.24) is 9.78 Å². The number of para-hydroxylation sites is 1. The molecule has 1 heterocycles. The second-order valence-corrected chi connectivity index (χ2v) is 6.97. The number of carbonyl (C=O) groups is 1. The second kappa shape index (κ2) is 8.19. The zero-order valence-electron chi connectivity index (χ0n) is 14.7.